The zero-order valence-electron chi connectivity index (χ0n) is 8.79. The minimum Gasteiger partial charge on any atom is -0.481 e. The van der Waals surface area contributed by atoms with Gasteiger partial charge in [-0.1, -0.05) is 12.1 Å². The average Bonchev–Trinajstić information content (AvgIpc) is 2.64. The van der Waals surface area contributed by atoms with Gasteiger partial charge in [-0.2, -0.15) is 5.10 Å². The molecule has 0 radical (unpaired) electrons. The van der Waals surface area contributed by atoms with E-state index in [1.165, 1.54) is 6.33 Å². The van der Waals surface area contributed by atoms with Crippen molar-refractivity contribution < 1.29 is 9.90 Å². The predicted molar refractivity (Wildman–Crippen MR) is 57.4 cm³/mol. The highest BCUT2D eigenvalue weighted by atomic mass is 16.4. The number of aliphatic carboxylic acids is 1. The Kier molecular flexibility index (Phi) is 2.68. The monoisotopic (exact) mass is 217 g/mol. The molecule has 0 aliphatic rings. The zero-order valence-corrected chi connectivity index (χ0v) is 8.79. The Hall–Kier alpha value is -2.17. The maximum absolute atomic E-state index is 10.6. The SMILES string of the molecule is Cc1ncnn1-c1cccc(CC(=O)O)c1. The molecule has 82 valence electrons. The van der Waals surface area contributed by atoms with Gasteiger partial charge in [0.2, 0.25) is 0 Å². The van der Waals surface area contributed by atoms with Crippen molar-refractivity contribution in [1.82, 2.24) is 14.8 Å². The quantitative estimate of drug-likeness (QED) is 0.838. The van der Waals surface area contributed by atoms with Crippen molar-refractivity contribution in [2.75, 3.05) is 0 Å². The minimum atomic E-state index is -0.840. The smallest absolute Gasteiger partial charge is 0.307 e. The highest BCUT2D eigenvalue weighted by Gasteiger charge is 2.05. The summed E-state index contributed by atoms with van der Waals surface area (Å²) in [4.78, 5) is 14.6. The molecule has 16 heavy (non-hydrogen) atoms. The topological polar surface area (TPSA) is 68.0 Å². The minimum absolute atomic E-state index is 0.0155. The summed E-state index contributed by atoms with van der Waals surface area (Å²) in [6.07, 6.45) is 1.49. The van der Waals surface area contributed by atoms with E-state index in [2.05, 4.69) is 10.1 Å². The maximum Gasteiger partial charge on any atom is 0.307 e. The summed E-state index contributed by atoms with van der Waals surface area (Å²) in [7, 11) is 0. The number of hydrogen-bond donors (Lipinski definition) is 1. The molecule has 0 aliphatic heterocycles. The van der Waals surface area contributed by atoms with Gasteiger partial charge >= 0.3 is 5.97 Å². The van der Waals surface area contributed by atoms with Gasteiger partial charge < -0.3 is 5.11 Å². The van der Waals surface area contributed by atoms with Crippen molar-refractivity contribution in [2.45, 2.75) is 13.3 Å². The van der Waals surface area contributed by atoms with Crippen molar-refractivity contribution >= 4 is 5.97 Å². The van der Waals surface area contributed by atoms with Crippen LogP contribution in [-0.4, -0.2) is 25.8 Å². The normalized spacial score (nSPS) is 10.3. The summed E-state index contributed by atoms with van der Waals surface area (Å²) in [5.41, 5.74) is 1.58. The van der Waals surface area contributed by atoms with Crippen molar-refractivity contribution in [3.63, 3.8) is 0 Å². The van der Waals surface area contributed by atoms with Crippen LogP contribution in [0.15, 0.2) is 30.6 Å². The van der Waals surface area contributed by atoms with E-state index in [-0.39, 0.29) is 6.42 Å². The van der Waals surface area contributed by atoms with Gasteiger partial charge in [0, 0.05) is 0 Å². The molecule has 0 bridgehead atoms. The fraction of sp³-hybridized carbons (Fsp3) is 0.182. The van der Waals surface area contributed by atoms with Crippen LogP contribution in [0.25, 0.3) is 5.69 Å². The molecule has 1 aromatic carbocycles. The van der Waals surface area contributed by atoms with Gasteiger partial charge in [-0.15, -0.1) is 0 Å². The summed E-state index contributed by atoms with van der Waals surface area (Å²) in [6.45, 7) is 1.84. The van der Waals surface area contributed by atoms with E-state index in [1.54, 1.807) is 16.8 Å². The molecule has 2 rings (SSSR count). The Morgan fingerprint density at radius 1 is 1.50 bits per heavy atom. The fourth-order valence-electron chi connectivity index (χ4n) is 1.53. The van der Waals surface area contributed by atoms with Crippen LogP contribution in [0, 0.1) is 6.92 Å². The van der Waals surface area contributed by atoms with Gasteiger partial charge in [0.1, 0.15) is 12.2 Å². The van der Waals surface area contributed by atoms with Gasteiger partial charge in [-0.05, 0) is 24.6 Å². The first-order chi connectivity index (χ1) is 7.66. The van der Waals surface area contributed by atoms with Crippen molar-refractivity contribution in [1.29, 1.82) is 0 Å². The summed E-state index contributed by atoms with van der Waals surface area (Å²) in [6, 6.07) is 7.27. The molecule has 0 saturated heterocycles. The lowest BCUT2D eigenvalue weighted by Gasteiger charge is -2.04. The van der Waals surface area contributed by atoms with Gasteiger partial charge in [-0.3, -0.25) is 4.79 Å². The molecule has 2 aromatic rings. The van der Waals surface area contributed by atoms with E-state index >= 15 is 0 Å². The van der Waals surface area contributed by atoms with Crippen LogP contribution in [0.2, 0.25) is 0 Å². The molecular formula is C11H11N3O2. The fourth-order valence-corrected chi connectivity index (χ4v) is 1.53. The lowest BCUT2D eigenvalue weighted by molar-refractivity contribution is -0.136. The molecule has 0 spiro atoms. The number of carbonyl (C=O) groups is 1. The van der Waals surface area contributed by atoms with Crippen LogP contribution < -0.4 is 0 Å². The van der Waals surface area contributed by atoms with Gasteiger partial charge in [0.15, 0.2) is 0 Å². The summed E-state index contributed by atoms with van der Waals surface area (Å²) in [5.74, 6) is -0.0695. The van der Waals surface area contributed by atoms with Crippen LogP contribution in [0.5, 0.6) is 0 Å². The molecule has 0 atom stereocenters. The van der Waals surface area contributed by atoms with Crippen LogP contribution in [0.1, 0.15) is 11.4 Å². The highest BCUT2D eigenvalue weighted by molar-refractivity contribution is 5.70. The van der Waals surface area contributed by atoms with Gasteiger partial charge in [0.05, 0.1) is 12.1 Å². The molecule has 0 saturated carbocycles. The van der Waals surface area contributed by atoms with Gasteiger partial charge in [0.25, 0.3) is 0 Å². The van der Waals surface area contributed by atoms with Gasteiger partial charge in [-0.25, -0.2) is 9.67 Å². The second-order valence-corrected chi connectivity index (χ2v) is 3.46. The Bertz CT molecular complexity index is 519. The van der Waals surface area contributed by atoms with Crippen molar-refractivity contribution in [2.24, 2.45) is 0 Å². The third kappa shape index (κ3) is 2.08. The predicted octanol–water partition coefficient (Wildman–Crippen LogP) is 1.20. The molecular weight excluding hydrogens is 206 g/mol. The average molecular weight is 217 g/mol. The second kappa shape index (κ2) is 4.14. The zero-order chi connectivity index (χ0) is 11.5. The first kappa shape index (κ1) is 10.4. The van der Waals surface area contributed by atoms with E-state index in [0.717, 1.165) is 17.1 Å². The first-order valence-corrected chi connectivity index (χ1v) is 4.84. The lowest BCUT2D eigenvalue weighted by Crippen LogP contribution is -2.03. The van der Waals surface area contributed by atoms with Crippen LogP contribution in [-0.2, 0) is 11.2 Å². The number of nitrogens with zero attached hydrogens (tertiary/aromatic N) is 3. The third-order valence-corrected chi connectivity index (χ3v) is 2.23. The third-order valence-electron chi connectivity index (χ3n) is 2.23. The number of hydrogen-bond acceptors (Lipinski definition) is 3. The van der Waals surface area contributed by atoms with Crippen LogP contribution in [0.4, 0.5) is 0 Å². The van der Waals surface area contributed by atoms with Crippen LogP contribution >= 0.6 is 0 Å². The summed E-state index contributed by atoms with van der Waals surface area (Å²) < 4.78 is 1.67. The summed E-state index contributed by atoms with van der Waals surface area (Å²) >= 11 is 0. The Morgan fingerprint density at radius 2 is 2.31 bits per heavy atom. The maximum atomic E-state index is 10.6. The molecule has 1 aromatic heterocycles. The standard InChI is InChI=1S/C11H11N3O2/c1-8-12-7-13-14(8)10-4-2-3-9(5-10)6-11(15)16/h2-5,7H,6H2,1H3,(H,15,16). The summed E-state index contributed by atoms with van der Waals surface area (Å²) in [5, 5.41) is 12.8. The molecule has 5 heteroatoms. The number of aromatic nitrogens is 3. The van der Waals surface area contributed by atoms with E-state index < -0.39 is 5.97 Å². The molecule has 1 heterocycles. The van der Waals surface area contributed by atoms with E-state index in [9.17, 15) is 4.79 Å². The number of rotatable bonds is 3. The van der Waals surface area contributed by atoms with E-state index in [1.807, 2.05) is 19.1 Å². The van der Waals surface area contributed by atoms with Crippen molar-refractivity contribution in [3.8, 4) is 5.69 Å². The first-order valence-electron chi connectivity index (χ1n) is 4.84. The number of benzene rings is 1. The molecule has 1 N–H and O–H groups in total. The molecule has 0 amide bonds. The Morgan fingerprint density at radius 3 is 2.94 bits per heavy atom. The molecule has 0 fully saturated rings. The second-order valence-electron chi connectivity index (χ2n) is 3.46. The van der Waals surface area contributed by atoms with E-state index in [4.69, 9.17) is 5.11 Å². The van der Waals surface area contributed by atoms with Crippen LogP contribution in [0.3, 0.4) is 0 Å². The lowest BCUT2D eigenvalue weighted by atomic mass is 10.1. The van der Waals surface area contributed by atoms with E-state index in [0.29, 0.717) is 0 Å². The molecule has 0 unspecified atom stereocenters. The number of carboxylic acid groups (broad SMARTS) is 1. The number of aryl methyl sites for hydroxylation is 1. The molecule has 0 aliphatic carbocycles. The number of carboxylic acids is 1. The largest absolute Gasteiger partial charge is 0.481 e. The Balaban J connectivity index is 2.36. The van der Waals surface area contributed by atoms with Crippen molar-refractivity contribution in [3.05, 3.63) is 42.0 Å². The Labute approximate surface area is 92.4 Å². The highest BCUT2D eigenvalue weighted by Crippen LogP contribution is 2.11. The molecule has 5 nitrogen and oxygen atoms in total.